The summed E-state index contributed by atoms with van der Waals surface area (Å²) >= 11 is 0. The van der Waals surface area contributed by atoms with Crippen LogP contribution in [-0.2, 0) is 33.9 Å². The van der Waals surface area contributed by atoms with Gasteiger partial charge in [-0.05, 0) is 19.1 Å². The number of cyclic esters (lactones) is 1. The second kappa shape index (κ2) is 8.08. The number of esters is 2. The number of hydrogen-bond donors (Lipinski definition) is 2. The van der Waals surface area contributed by atoms with Gasteiger partial charge in [0.1, 0.15) is 6.54 Å². The molecule has 136 valence electrons. The number of carbonyl (C=O) groups excluding carboxylic acids is 3. The summed E-state index contributed by atoms with van der Waals surface area (Å²) in [6, 6.07) is 6.12. The SMILES string of the molecule is Cc1ccc(S(=O)(=O)NCC(=O)NCC(=O)O[C@@H]2CCOC2=O)cc1. The molecule has 0 radical (unpaired) electrons. The Balaban J connectivity index is 1.75. The first kappa shape index (κ1) is 18.9. The van der Waals surface area contributed by atoms with Gasteiger partial charge in [0.05, 0.1) is 18.0 Å². The van der Waals surface area contributed by atoms with E-state index in [2.05, 4.69) is 14.8 Å². The molecule has 1 saturated heterocycles. The largest absolute Gasteiger partial charge is 0.463 e. The number of benzene rings is 1. The van der Waals surface area contributed by atoms with Crippen LogP contribution < -0.4 is 10.0 Å². The Morgan fingerprint density at radius 2 is 1.92 bits per heavy atom. The fourth-order valence-corrected chi connectivity index (χ4v) is 2.96. The van der Waals surface area contributed by atoms with E-state index in [0.717, 1.165) is 5.56 Å². The summed E-state index contributed by atoms with van der Waals surface area (Å²) < 4.78 is 35.6. The number of nitrogens with one attached hydrogen (secondary N) is 2. The number of hydrogen-bond acceptors (Lipinski definition) is 7. The average molecular weight is 370 g/mol. The van der Waals surface area contributed by atoms with Crippen LogP contribution >= 0.6 is 0 Å². The van der Waals surface area contributed by atoms with Crippen LogP contribution in [0.5, 0.6) is 0 Å². The van der Waals surface area contributed by atoms with Crippen LogP contribution in [0, 0.1) is 6.92 Å². The van der Waals surface area contributed by atoms with E-state index in [4.69, 9.17) is 4.74 Å². The molecule has 2 N–H and O–H groups in total. The van der Waals surface area contributed by atoms with Gasteiger partial charge in [0.15, 0.2) is 0 Å². The molecule has 0 spiro atoms. The normalized spacial score (nSPS) is 17.0. The van der Waals surface area contributed by atoms with E-state index in [1.165, 1.54) is 12.1 Å². The molecule has 25 heavy (non-hydrogen) atoms. The number of sulfonamides is 1. The van der Waals surface area contributed by atoms with Crippen molar-refractivity contribution < 1.29 is 32.3 Å². The zero-order chi connectivity index (χ0) is 18.4. The van der Waals surface area contributed by atoms with Crippen LogP contribution in [0.25, 0.3) is 0 Å². The summed E-state index contributed by atoms with van der Waals surface area (Å²) in [6.07, 6.45) is -0.682. The molecule has 1 aliphatic heterocycles. The van der Waals surface area contributed by atoms with Crippen LogP contribution in [0.2, 0.25) is 0 Å². The van der Waals surface area contributed by atoms with Crippen molar-refractivity contribution in [2.24, 2.45) is 0 Å². The van der Waals surface area contributed by atoms with E-state index in [9.17, 15) is 22.8 Å². The van der Waals surface area contributed by atoms with Crippen molar-refractivity contribution >= 4 is 27.9 Å². The molecular formula is C15H18N2O7S. The lowest BCUT2D eigenvalue weighted by atomic mass is 10.2. The smallest absolute Gasteiger partial charge is 0.347 e. The first-order valence-corrected chi connectivity index (χ1v) is 8.95. The van der Waals surface area contributed by atoms with Crippen molar-refractivity contribution in [1.29, 1.82) is 0 Å². The standard InChI is InChI=1S/C15H18N2O7S/c1-10-2-4-11(5-3-10)25(21,22)17-8-13(18)16-9-14(19)24-12-6-7-23-15(12)20/h2-5,12,17H,6-9H2,1H3,(H,16,18)/t12-/m1/s1. The van der Waals surface area contributed by atoms with Crippen molar-refractivity contribution in [1.82, 2.24) is 10.0 Å². The molecular weight excluding hydrogens is 352 g/mol. The quantitative estimate of drug-likeness (QED) is 0.604. The summed E-state index contributed by atoms with van der Waals surface area (Å²) in [5, 5.41) is 2.21. The van der Waals surface area contributed by atoms with E-state index in [0.29, 0.717) is 0 Å². The molecule has 1 aromatic carbocycles. The molecule has 1 aromatic rings. The Hall–Kier alpha value is -2.46. The van der Waals surface area contributed by atoms with Crippen molar-refractivity contribution in [2.45, 2.75) is 24.3 Å². The molecule has 9 nitrogen and oxygen atoms in total. The van der Waals surface area contributed by atoms with Crippen LogP contribution in [0.4, 0.5) is 0 Å². The van der Waals surface area contributed by atoms with Gasteiger partial charge in [-0.2, -0.15) is 0 Å². The maximum atomic E-state index is 12.0. The summed E-state index contributed by atoms with van der Waals surface area (Å²) in [4.78, 5) is 34.3. The minimum Gasteiger partial charge on any atom is -0.463 e. The molecule has 2 rings (SSSR count). The molecule has 10 heteroatoms. The van der Waals surface area contributed by atoms with Gasteiger partial charge in [-0.1, -0.05) is 17.7 Å². The lowest BCUT2D eigenvalue weighted by Gasteiger charge is -2.10. The second-order valence-corrected chi connectivity index (χ2v) is 7.12. The maximum absolute atomic E-state index is 12.0. The first-order valence-electron chi connectivity index (χ1n) is 7.47. The predicted molar refractivity (Wildman–Crippen MR) is 84.8 cm³/mol. The highest BCUT2D eigenvalue weighted by molar-refractivity contribution is 7.89. The summed E-state index contributed by atoms with van der Waals surface area (Å²) in [5.41, 5.74) is 0.904. The summed E-state index contributed by atoms with van der Waals surface area (Å²) in [5.74, 6) is -2.13. The van der Waals surface area contributed by atoms with Crippen LogP contribution in [-0.4, -0.2) is 52.1 Å². The fraction of sp³-hybridized carbons (Fsp3) is 0.400. The predicted octanol–water partition coefficient (Wildman–Crippen LogP) is -0.752. The Bertz CT molecular complexity index is 759. The van der Waals surface area contributed by atoms with E-state index in [1.807, 2.05) is 6.92 Å². The minimum atomic E-state index is -3.82. The molecule has 1 aliphatic rings. The number of ether oxygens (including phenoxy) is 2. The van der Waals surface area contributed by atoms with Gasteiger partial charge in [0.25, 0.3) is 0 Å². The molecule has 0 aliphatic carbocycles. The van der Waals surface area contributed by atoms with Gasteiger partial charge in [-0.15, -0.1) is 0 Å². The van der Waals surface area contributed by atoms with Crippen molar-refractivity contribution in [3.8, 4) is 0 Å². The molecule has 0 aromatic heterocycles. The zero-order valence-corrected chi connectivity index (χ0v) is 14.3. The lowest BCUT2D eigenvalue weighted by Crippen LogP contribution is -2.40. The van der Waals surface area contributed by atoms with Crippen LogP contribution in [0.1, 0.15) is 12.0 Å². The Morgan fingerprint density at radius 3 is 2.52 bits per heavy atom. The zero-order valence-electron chi connectivity index (χ0n) is 13.5. The molecule has 0 unspecified atom stereocenters. The topological polar surface area (TPSA) is 128 Å². The molecule has 1 fully saturated rings. The van der Waals surface area contributed by atoms with E-state index in [1.54, 1.807) is 12.1 Å². The number of rotatable bonds is 7. The first-order chi connectivity index (χ1) is 11.8. The fourth-order valence-electron chi connectivity index (χ4n) is 1.98. The minimum absolute atomic E-state index is 0.0325. The molecule has 0 saturated carbocycles. The van der Waals surface area contributed by atoms with Gasteiger partial charge in [-0.3, -0.25) is 9.59 Å². The van der Waals surface area contributed by atoms with E-state index < -0.39 is 47.1 Å². The molecule has 1 atom stereocenters. The highest BCUT2D eigenvalue weighted by atomic mass is 32.2. The highest BCUT2D eigenvalue weighted by Gasteiger charge is 2.30. The molecule has 1 heterocycles. The number of carbonyl (C=O) groups is 3. The second-order valence-electron chi connectivity index (χ2n) is 5.35. The Kier molecular flexibility index (Phi) is 6.10. The Labute approximate surface area is 144 Å². The van der Waals surface area contributed by atoms with E-state index in [-0.39, 0.29) is 17.9 Å². The van der Waals surface area contributed by atoms with Gasteiger partial charge in [0, 0.05) is 6.42 Å². The number of amides is 1. The van der Waals surface area contributed by atoms with E-state index >= 15 is 0 Å². The third-order valence-electron chi connectivity index (χ3n) is 3.34. The lowest BCUT2D eigenvalue weighted by molar-refractivity contribution is -0.159. The monoisotopic (exact) mass is 370 g/mol. The van der Waals surface area contributed by atoms with Gasteiger partial charge < -0.3 is 14.8 Å². The van der Waals surface area contributed by atoms with Crippen molar-refractivity contribution in [2.75, 3.05) is 19.7 Å². The van der Waals surface area contributed by atoms with Crippen LogP contribution in [0.3, 0.4) is 0 Å². The van der Waals surface area contributed by atoms with Crippen molar-refractivity contribution in [3.63, 3.8) is 0 Å². The van der Waals surface area contributed by atoms with Crippen LogP contribution in [0.15, 0.2) is 29.2 Å². The highest BCUT2D eigenvalue weighted by Crippen LogP contribution is 2.10. The molecule has 0 bridgehead atoms. The number of aryl methyl sites for hydroxylation is 1. The summed E-state index contributed by atoms with van der Waals surface area (Å²) in [6.45, 7) is 0.995. The maximum Gasteiger partial charge on any atom is 0.347 e. The third kappa shape index (κ3) is 5.54. The average Bonchev–Trinajstić information content (AvgIpc) is 2.96. The van der Waals surface area contributed by atoms with Gasteiger partial charge in [-0.25, -0.2) is 17.9 Å². The Morgan fingerprint density at radius 1 is 1.24 bits per heavy atom. The summed E-state index contributed by atoms with van der Waals surface area (Å²) in [7, 11) is -3.82. The van der Waals surface area contributed by atoms with Gasteiger partial charge >= 0.3 is 11.9 Å². The van der Waals surface area contributed by atoms with Crippen molar-refractivity contribution in [3.05, 3.63) is 29.8 Å². The van der Waals surface area contributed by atoms with Gasteiger partial charge in [0.2, 0.25) is 22.0 Å². The third-order valence-corrected chi connectivity index (χ3v) is 4.76. The molecule has 1 amide bonds.